The van der Waals surface area contributed by atoms with Crippen molar-refractivity contribution in [3.8, 4) is 0 Å². The Balaban J connectivity index is 2.63. The van der Waals surface area contributed by atoms with Crippen molar-refractivity contribution in [3.63, 3.8) is 0 Å². The molecule has 3 N–H and O–H groups in total. The molecule has 0 aliphatic rings. The fraction of sp³-hybridized carbons (Fsp3) is 0.125. The van der Waals surface area contributed by atoms with E-state index in [2.05, 4.69) is 9.97 Å². The molecule has 0 spiro atoms. The van der Waals surface area contributed by atoms with Crippen LogP contribution in [0.4, 0.5) is 5.82 Å². The van der Waals surface area contributed by atoms with E-state index in [9.17, 15) is 4.79 Å². The molecule has 0 saturated carbocycles. The molecular formula is C8H7ClN4O2. The second-order valence-electron chi connectivity index (χ2n) is 2.95. The first-order valence-corrected chi connectivity index (χ1v) is 4.45. The molecule has 2 aromatic rings. The van der Waals surface area contributed by atoms with Crippen LogP contribution < -0.4 is 5.73 Å². The van der Waals surface area contributed by atoms with Crippen LogP contribution in [0.15, 0.2) is 12.3 Å². The first kappa shape index (κ1) is 9.72. The average Bonchev–Trinajstić information content (AvgIpc) is 2.48. The van der Waals surface area contributed by atoms with Gasteiger partial charge >= 0.3 is 5.97 Å². The Hall–Kier alpha value is -1.82. The number of nitrogen functional groups attached to an aromatic ring is 1. The van der Waals surface area contributed by atoms with E-state index in [1.165, 1.54) is 4.57 Å². The first-order chi connectivity index (χ1) is 7.08. The quantitative estimate of drug-likeness (QED) is 0.737. The van der Waals surface area contributed by atoms with Crippen LogP contribution in [0, 0.1) is 0 Å². The van der Waals surface area contributed by atoms with Crippen molar-refractivity contribution < 1.29 is 9.90 Å². The standard InChI is InChI=1S/C8H7ClN4O2/c9-8-11-6(10)4-1-2-13(3-5(14)15)7(4)12-8/h1-2H,3H2,(H,14,15)(H2,10,11,12). The second-order valence-corrected chi connectivity index (χ2v) is 3.29. The summed E-state index contributed by atoms with van der Waals surface area (Å²) < 4.78 is 1.45. The molecule has 6 nitrogen and oxygen atoms in total. The van der Waals surface area contributed by atoms with Crippen molar-refractivity contribution in [3.05, 3.63) is 17.5 Å². The Labute approximate surface area is 89.3 Å². The Morgan fingerprint density at radius 1 is 1.60 bits per heavy atom. The van der Waals surface area contributed by atoms with Crippen molar-refractivity contribution in [2.24, 2.45) is 0 Å². The van der Waals surface area contributed by atoms with Gasteiger partial charge in [-0.25, -0.2) is 4.98 Å². The van der Waals surface area contributed by atoms with Crippen LogP contribution in [0.3, 0.4) is 0 Å². The van der Waals surface area contributed by atoms with E-state index in [0.717, 1.165) is 0 Å². The van der Waals surface area contributed by atoms with E-state index >= 15 is 0 Å². The summed E-state index contributed by atoms with van der Waals surface area (Å²) in [6.45, 7) is -0.184. The topological polar surface area (TPSA) is 94.0 Å². The predicted octanol–water partition coefficient (Wildman–Crippen LogP) is 0.751. The molecule has 2 aromatic heterocycles. The molecule has 78 valence electrons. The van der Waals surface area contributed by atoms with Crippen LogP contribution in [0.2, 0.25) is 5.28 Å². The van der Waals surface area contributed by atoms with E-state index in [1.54, 1.807) is 12.3 Å². The van der Waals surface area contributed by atoms with Gasteiger partial charge in [-0.05, 0) is 17.7 Å². The summed E-state index contributed by atoms with van der Waals surface area (Å²) >= 11 is 5.63. The van der Waals surface area contributed by atoms with Crippen molar-refractivity contribution in [2.45, 2.75) is 6.54 Å². The molecule has 0 bridgehead atoms. The Bertz CT molecular complexity index is 537. The van der Waals surface area contributed by atoms with Gasteiger partial charge in [0.2, 0.25) is 5.28 Å². The van der Waals surface area contributed by atoms with Crippen molar-refractivity contribution in [1.82, 2.24) is 14.5 Å². The lowest BCUT2D eigenvalue weighted by Crippen LogP contribution is -2.08. The van der Waals surface area contributed by atoms with E-state index in [4.69, 9.17) is 22.4 Å². The number of rotatable bonds is 2. The van der Waals surface area contributed by atoms with Gasteiger partial charge in [-0.2, -0.15) is 4.98 Å². The molecule has 0 aliphatic heterocycles. The molecular weight excluding hydrogens is 220 g/mol. The van der Waals surface area contributed by atoms with Crippen LogP contribution in [-0.2, 0) is 11.3 Å². The Morgan fingerprint density at radius 2 is 2.33 bits per heavy atom. The van der Waals surface area contributed by atoms with Gasteiger partial charge in [-0.3, -0.25) is 4.79 Å². The van der Waals surface area contributed by atoms with Crippen LogP contribution in [-0.4, -0.2) is 25.6 Å². The van der Waals surface area contributed by atoms with E-state index in [1.807, 2.05) is 0 Å². The van der Waals surface area contributed by atoms with E-state index in [0.29, 0.717) is 11.0 Å². The molecule has 2 heterocycles. The molecule has 0 saturated heterocycles. The molecule has 0 aliphatic carbocycles. The van der Waals surface area contributed by atoms with Crippen LogP contribution in [0.5, 0.6) is 0 Å². The normalized spacial score (nSPS) is 10.7. The number of fused-ring (bicyclic) bond motifs is 1. The molecule has 0 atom stereocenters. The fourth-order valence-corrected chi connectivity index (χ4v) is 1.51. The van der Waals surface area contributed by atoms with Gasteiger partial charge in [0.15, 0.2) is 0 Å². The number of hydrogen-bond donors (Lipinski definition) is 2. The minimum Gasteiger partial charge on any atom is -0.480 e. The van der Waals surface area contributed by atoms with Gasteiger partial charge in [-0.15, -0.1) is 0 Å². The lowest BCUT2D eigenvalue weighted by Gasteiger charge is -2.01. The predicted molar refractivity (Wildman–Crippen MR) is 54.6 cm³/mol. The highest BCUT2D eigenvalue weighted by Crippen LogP contribution is 2.20. The van der Waals surface area contributed by atoms with Gasteiger partial charge in [0.1, 0.15) is 18.0 Å². The zero-order chi connectivity index (χ0) is 11.0. The van der Waals surface area contributed by atoms with Crippen LogP contribution in [0.1, 0.15) is 0 Å². The summed E-state index contributed by atoms with van der Waals surface area (Å²) in [5.74, 6) is -0.713. The highest BCUT2D eigenvalue weighted by molar-refractivity contribution is 6.28. The maximum Gasteiger partial charge on any atom is 0.323 e. The SMILES string of the molecule is Nc1nc(Cl)nc2c1ccn2CC(=O)O. The van der Waals surface area contributed by atoms with E-state index in [-0.39, 0.29) is 17.6 Å². The van der Waals surface area contributed by atoms with Gasteiger partial charge in [0.25, 0.3) is 0 Å². The Morgan fingerprint density at radius 3 is 3.00 bits per heavy atom. The molecule has 2 rings (SSSR count). The van der Waals surface area contributed by atoms with E-state index < -0.39 is 5.97 Å². The third-order valence-electron chi connectivity index (χ3n) is 1.93. The number of aromatic nitrogens is 3. The maximum absolute atomic E-state index is 10.6. The number of aliphatic carboxylic acids is 1. The summed E-state index contributed by atoms with van der Waals surface area (Å²) in [7, 11) is 0. The zero-order valence-corrected chi connectivity index (χ0v) is 8.27. The number of halogens is 1. The zero-order valence-electron chi connectivity index (χ0n) is 7.51. The van der Waals surface area contributed by atoms with Gasteiger partial charge in [0.05, 0.1) is 5.39 Å². The molecule has 0 radical (unpaired) electrons. The summed E-state index contributed by atoms with van der Waals surface area (Å²) in [6.07, 6.45) is 1.58. The van der Waals surface area contributed by atoms with Gasteiger partial charge in [-0.1, -0.05) is 0 Å². The number of anilines is 1. The smallest absolute Gasteiger partial charge is 0.323 e. The lowest BCUT2D eigenvalue weighted by molar-refractivity contribution is -0.137. The number of hydrogen-bond acceptors (Lipinski definition) is 4. The van der Waals surface area contributed by atoms with Crippen LogP contribution >= 0.6 is 11.6 Å². The number of carbonyl (C=O) groups is 1. The lowest BCUT2D eigenvalue weighted by atomic mass is 10.4. The van der Waals surface area contributed by atoms with Crippen molar-refractivity contribution in [2.75, 3.05) is 5.73 Å². The molecule has 15 heavy (non-hydrogen) atoms. The van der Waals surface area contributed by atoms with Crippen molar-refractivity contribution in [1.29, 1.82) is 0 Å². The molecule has 0 aromatic carbocycles. The third-order valence-corrected chi connectivity index (χ3v) is 2.10. The number of nitrogens with two attached hydrogens (primary N) is 1. The molecule has 0 fully saturated rings. The summed E-state index contributed by atoms with van der Waals surface area (Å²) in [4.78, 5) is 18.2. The fourth-order valence-electron chi connectivity index (χ4n) is 1.33. The minimum absolute atomic E-state index is 0.00494. The molecule has 0 unspecified atom stereocenters. The van der Waals surface area contributed by atoms with Gasteiger partial charge < -0.3 is 15.4 Å². The average molecular weight is 227 g/mol. The third kappa shape index (κ3) is 1.71. The maximum atomic E-state index is 10.6. The summed E-state index contributed by atoms with van der Waals surface area (Å²) in [6, 6.07) is 1.66. The Kier molecular flexibility index (Phi) is 2.20. The molecule has 0 amide bonds. The highest BCUT2D eigenvalue weighted by atomic mass is 35.5. The summed E-state index contributed by atoms with van der Waals surface area (Å²) in [5, 5.41) is 9.26. The number of carboxylic acids is 1. The molecule has 7 heteroatoms. The minimum atomic E-state index is -0.958. The second kappa shape index (κ2) is 3.39. The largest absolute Gasteiger partial charge is 0.480 e. The monoisotopic (exact) mass is 226 g/mol. The van der Waals surface area contributed by atoms with Crippen molar-refractivity contribution >= 4 is 34.4 Å². The number of nitrogens with zero attached hydrogens (tertiary/aromatic N) is 3. The highest BCUT2D eigenvalue weighted by Gasteiger charge is 2.10. The van der Waals surface area contributed by atoms with Gasteiger partial charge in [0, 0.05) is 6.20 Å². The number of carboxylic acid groups (broad SMARTS) is 1. The summed E-state index contributed by atoms with van der Waals surface area (Å²) in [5.41, 5.74) is 6.03. The first-order valence-electron chi connectivity index (χ1n) is 4.07. The van der Waals surface area contributed by atoms with Crippen LogP contribution in [0.25, 0.3) is 11.0 Å².